The van der Waals surface area contributed by atoms with Gasteiger partial charge in [-0.15, -0.1) is 0 Å². The Bertz CT molecular complexity index is 573. The van der Waals surface area contributed by atoms with Crippen LogP contribution in [0.25, 0.3) is 0 Å². The van der Waals surface area contributed by atoms with Gasteiger partial charge in [0, 0.05) is 6.20 Å². The molecular weight excluding hydrogens is 381 g/mol. The van der Waals surface area contributed by atoms with Crippen molar-refractivity contribution in [3.8, 4) is 0 Å². The molecule has 1 aliphatic rings. The van der Waals surface area contributed by atoms with Crippen LogP contribution in [0.5, 0.6) is 0 Å². The molecule has 4 atom stereocenters. The molecule has 0 bridgehead atoms. The number of aromatic nitrogens is 2. The molecule has 0 aliphatic carbocycles. The van der Waals surface area contributed by atoms with Crippen molar-refractivity contribution in [2.45, 2.75) is 31.0 Å². The Kier molecular flexibility index (Phi) is 4.54. The van der Waals surface area contributed by atoms with Crippen LogP contribution in [0.3, 0.4) is 0 Å². The molecular formula is C11H14IN3O5. The number of nitrogens with zero attached hydrogens (tertiary/aromatic N) is 3. The lowest BCUT2D eigenvalue weighted by Crippen LogP contribution is -2.46. The van der Waals surface area contributed by atoms with Crippen LogP contribution < -0.4 is 5.69 Å². The van der Waals surface area contributed by atoms with Crippen LogP contribution in [-0.2, 0) is 4.74 Å². The summed E-state index contributed by atoms with van der Waals surface area (Å²) in [6, 6.07) is 1.48. The number of hydrogen-bond acceptors (Lipinski definition) is 7. The molecule has 1 aromatic heterocycles. The van der Waals surface area contributed by atoms with E-state index in [0.717, 1.165) is 4.57 Å². The normalized spacial score (nSPS) is 34.0. The summed E-state index contributed by atoms with van der Waals surface area (Å²) < 4.78 is 7.87. The fraction of sp³-hybridized carbons (Fsp3) is 0.545. The SMILES string of the molecule is CC1(O)[C@@H](n2ccc(/N=C\I)nc2=O)O[C@H](CO)[C@@H]1O. The number of aliphatic hydroxyl groups is 3. The number of ether oxygens (including phenoxy) is 1. The predicted molar refractivity (Wildman–Crippen MR) is 78.3 cm³/mol. The van der Waals surface area contributed by atoms with Crippen molar-refractivity contribution in [3.05, 3.63) is 22.7 Å². The van der Waals surface area contributed by atoms with E-state index in [1.165, 1.54) is 23.4 Å². The molecule has 1 saturated heterocycles. The van der Waals surface area contributed by atoms with E-state index >= 15 is 0 Å². The zero-order valence-electron chi connectivity index (χ0n) is 10.5. The average Bonchev–Trinajstić information content (AvgIpc) is 2.62. The zero-order valence-corrected chi connectivity index (χ0v) is 12.7. The zero-order chi connectivity index (χ0) is 14.9. The van der Waals surface area contributed by atoms with Crippen molar-refractivity contribution in [1.82, 2.24) is 9.55 Å². The first-order chi connectivity index (χ1) is 9.41. The van der Waals surface area contributed by atoms with Gasteiger partial charge in [-0.3, -0.25) is 4.57 Å². The molecule has 2 rings (SSSR count). The van der Waals surface area contributed by atoms with Crippen molar-refractivity contribution in [3.63, 3.8) is 0 Å². The second kappa shape index (κ2) is 5.85. The lowest BCUT2D eigenvalue weighted by atomic mass is 9.96. The molecule has 3 N–H and O–H groups in total. The fourth-order valence-corrected chi connectivity index (χ4v) is 2.38. The molecule has 1 aromatic rings. The minimum Gasteiger partial charge on any atom is -0.394 e. The largest absolute Gasteiger partial charge is 0.394 e. The van der Waals surface area contributed by atoms with Gasteiger partial charge in [0.15, 0.2) is 12.0 Å². The standard InChI is InChI=1S/C11H14IN3O5/c1-11(19)8(17)6(4-16)20-9(11)15-3-2-7(13-5-12)14-10(15)18/h2-3,5-6,8-9,16-17,19H,4H2,1H3/b13-5-/t6-,8+,9+,11?/m1/s1. The Morgan fingerprint density at radius 3 is 2.90 bits per heavy atom. The Balaban J connectivity index is 2.39. The molecule has 1 aliphatic heterocycles. The van der Waals surface area contributed by atoms with Gasteiger partial charge >= 0.3 is 5.69 Å². The van der Waals surface area contributed by atoms with E-state index < -0.39 is 36.3 Å². The molecule has 1 fully saturated rings. The van der Waals surface area contributed by atoms with Gasteiger partial charge in [-0.05, 0) is 35.6 Å². The van der Waals surface area contributed by atoms with Crippen LogP contribution in [0, 0.1) is 0 Å². The maximum atomic E-state index is 11.9. The number of halogens is 1. The third-order valence-electron chi connectivity index (χ3n) is 3.18. The highest BCUT2D eigenvalue weighted by Gasteiger charge is 2.53. The van der Waals surface area contributed by atoms with E-state index in [2.05, 4.69) is 9.98 Å². The van der Waals surface area contributed by atoms with Gasteiger partial charge < -0.3 is 20.1 Å². The number of rotatable bonds is 3. The Labute approximate surface area is 127 Å². The number of aliphatic hydroxyl groups excluding tert-OH is 2. The molecule has 8 nitrogen and oxygen atoms in total. The predicted octanol–water partition coefficient (Wildman–Crippen LogP) is -0.660. The van der Waals surface area contributed by atoms with Crippen LogP contribution in [0.4, 0.5) is 5.82 Å². The third-order valence-corrected chi connectivity index (χ3v) is 3.46. The summed E-state index contributed by atoms with van der Waals surface area (Å²) in [6.45, 7) is 0.870. The first-order valence-electron chi connectivity index (χ1n) is 5.80. The van der Waals surface area contributed by atoms with Crippen LogP contribution in [0.15, 0.2) is 22.1 Å². The summed E-state index contributed by atoms with van der Waals surface area (Å²) in [5.74, 6) is 0.234. The summed E-state index contributed by atoms with van der Waals surface area (Å²) >= 11 is 1.90. The molecule has 0 spiro atoms. The Morgan fingerprint density at radius 2 is 2.40 bits per heavy atom. The summed E-state index contributed by atoms with van der Waals surface area (Å²) in [4.78, 5) is 19.5. The molecule has 20 heavy (non-hydrogen) atoms. The Hall–Kier alpha value is -0.880. The van der Waals surface area contributed by atoms with Gasteiger partial charge in [0.2, 0.25) is 0 Å². The van der Waals surface area contributed by atoms with E-state index in [1.54, 1.807) is 0 Å². The van der Waals surface area contributed by atoms with Crippen LogP contribution in [-0.4, -0.2) is 53.5 Å². The van der Waals surface area contributed by atoms with Crippen LogP contribution >= 0.6 is 22.6 Å². The van der Waals surface area contributed by atoms with Gasteiger partial charge in [0.05, 0.1) is 10.8 Å². The number of aliphatic imine (C=N–C) groups is 1. The smallest absolute Gasteiger partial charge is 0.351 e. The topological polar surface area (TPSA) is 117 Å². The van der Waals surface area contributed by atoms with Crippen LogP contribution in [0.1, 0.15) is 13.2 Å². The minimum atomic E-state index is -1.72. The summed E-state index contributed by atoms with van der Waals surface area (Å²) in [5, 5.41) is 29.3. The van der Waals surface area contributed by atoms with E-state index in [4.69, 9.17) is 9.84 Å². The summed E-state index contributed by atoms with van der Waals surface area (Å²) in [7, 11) is 0. The van der Waals surface area contributed by atoms with Gasteiger partial charge in [-0.2, -0.15) is 4.98 Å². The maximum Gasteiger partial charge on any atom is 0.351 e. The van der Waals surface area contributed by atoms with Gasteiger partial charge in [0.25, 0.3) is 0 Å². The monoisotopic (exact) mass is 395 g/mol. The molecule has 0 amide bonds. The first kappa shape index (κ1) is 15.5. The molecule has 9 heteroatoms. The highest BCUT2D eigenvalue weighted by atomic mass is 127. The maximum absolute atomic E-state index is 11.9. The first-order valence-corrected chi connectivity index (χ1v) is 7.05. The molecule has 2 heterocycles. The van der Waals surface area contributed by atoms with Gasteiger partial charge in [-0.25, -0.2) is 9.79 Å². The van der Waals surface area contributed by atoms with Gasteiger partial charge in [0.1, 0.15) is 17.8 Å². The third kappa shape index (κ3) is 2.63. The molecule has 1 unspecified atom stereocenters. The molecule has 0 aromatic carbocycles. The van der Waals surface area contributed by atoms with E-state index in [-0.39, 0.29) is 5.82 Å². The Morgan fingerprint density at radius 1 is 1.70 bits per heavy atom. The average molecular weight is 395 g/mol. The number of hydrogen-bond donors (Lipinski definition) is 3. The van der Waals surface area contributed by atoms with Crippen molar-refractivity contribution in [2.24, 2.45) is 4.99 Å². The molecule has 110 valence electrons. The molecule has 0 radical (unpaired) electrons. The quantitative estimate of drug-likeness (QED) is 0.462. The molecule has 0 saturated carbocycles. The van der Waals surface area contributed by atoms with E-state index in [9.17, 15) is 15.0 Å². The fourth-order valence-electron chi connectivity index (χ4n) is 2.09. The van der Waals surface area contributed by atoms with Crippen molar-refractivity contribution < 1.29 is 20.1 Å². The summed E-state index contributed by atoms with van der Waals surface area (Å²) in [6.07, 6.45) is -2.03. The van der Waals surface area contributed by atoms with Crippen molar-refractivity contribution in [2.75, 3.05) is 6.61 Å². The van der Waals surface area contributed by atoms with E-state index in [1.807, 2.05) is 22.6 Å². The minimum absolute atomic E-state index is 0.234. The van der Waals surface area contributed by atoms with Gasteiger partial charge in [-0.1, -0.05) is 0 Å². The lowest BCUT2D eigenvalue weighted by molar-refractivity contribution is -0.0986. The summed E-state index contributed by atoms with van der Waals surface area (Å²) in [5.41, 5.74) is -2.38. The lowest BCUT2D eigenvalue weighted by Gasteiger charge is -2.27. The second-order valence-corrected chi connectivity index (χ2v) is 5.14. The highest BCUT2D eigenvalue weighted by Crippen LogP contribution is 2.37. The van der Waals surface area contributed by atoms with Crippen molar-refractivity contribution in [1.29, 1.82) is 0 Å². The van der Waals surface area contributed by atoms with E-state index in [0.29, 0.717) is 0 Å². The van der Waals surface area contributed by atoms with Crippen LogP contribution in [0.2, 0.25) is 0 Å². The second-order valence-electron chi connectivity index (χ2n) is 4.58. The highest BCUT2D eigenvalue weighted by molar-refractivity contribution is 14.1. The van der Waals surface area contributed by atoms with Crippen molar-refractivity contribution >= 4 is 32.6 Å².